The average molecular weight is 399 g/mol. The molecule has 2 fully saturated rings. The second-order valence-electron chi connectivity index (χ2n) is 7.65. The molecule has 0 aliphatic heterocycles. The smallest absolute Gasteiger partial charge is 0.143 e. The van der Waals surface area contributed by atoms with Crippen molar-refractivity contribution in [3.63, 3.8) is 0 Å². The Kier molecular flexibility index (Phi) is 4.19. The summed E-state index contributed by atoms with van der Waals surface area (Å²) >= 11 is 2.41. The number of aromatic nitrogens is 2. The minimum Gasteiger partial charge on any atom is -0.369 e. The summed E-state index contributed by atoms with van der Waals surface area (Å²) in [6, 6.07) is 0. The van der Waals surface area contributed by atoms with E-state index in [1.54, 1.807) is 0 Å². The van der Waals surface area contributed by atoms with Crippen LogP contribution in [0.3, 0.4) is 0 Å². The third-order valence-corrected chi connectivity index (χ3v) is 6.01. The summed E-state index contributed by atoms with van der Waals surface area (Å²) < 4.78 is 1.19. The van der Waals surface area contributed by atoms with Crippen molar-refractivity contribution < 1.29 is 0 Å². The predicted molar refractivity (Wildman–Crippen MR) is 95.8 cm³/mol. The lowest BCUT2D eigenvalue weighted by Crippen LogP contribution is -2.22. The van der Waals surface area contributed by atoms with E-state index in [0.717, 1.165) is 30.0 Å². The molecule has 1 aromatic heterocycles. The van der Waals surface area contributed by atoms with Crippen LogP contribution < -0.4 is 5.32 Å². The summed E-state index contributed by atoms with van der Waals surface area (Å²) in [6.07, 6.45) is 5.52. The molecule has 0 spiro atoms. The van der Waals surface area contributed by atoms with Crippen molar-refractivity contribution in [2.75, 3.05) is 11.9 Å². The Morgan fingerprint density at radius 1 is 1.19 bits per heavy atom. The number of fused-ring (bicyclic) bond motifs is 2. The van der Waals surface area contributed by atoms with Crippen LogP contribution in [0.5, 0.6) is 0 Å². The number of anilines is 1. The first-order valence-electron chi connectivity index (χ1n) is 8.22. The summed E-state index contributed by atoms with van der Waals surface area (Å²) in [5.41, 5.74) is 1.27. The Morgan fingerprint density at radius 2 is 1.95 bits per heavy atom. The molecule has 2 aliphatic rings. The van der Waals surface area contributed by atoms with Gasteiger partial charge in [-0.3, -0.25) is 0 Å². The Hall–Kier alpha value is -0.390. The molecule has 2 aliphatic carbocycles. The number of halogens is 1. The normalized spacial score (nSPS) is 28.1. The Bertz CT molecular complexity index is 536. The number of rotatable bonds is 3. The maximum atomic E-state index is 5.03. The van der Waals surface area contributed by atoms with E-state index in [-0.39, 0.29) is 5.41 Å². The monoisotopic (exact) mass is 399 g/mol. The summed E-state index contributed by atoms with van der Waals surface area (Å²) in [5.74, 6) is 4.50. The van der Waals surface area contributed by atoms with Gasteiger partial charge in [-0.25, -0.2) is 9.97 Å². The maximum Gasteiger partial charge on any atom is 0.143 e. The molecule has 1 aromatic rings. The molecule has 3 unspecified atom stereocenters. The first kappa shape index (κ1) is 15.5. The molecule has 21 heavy (non-hydrogen) atoms. The molecule has 2 saturated carbocycles. The van der Waals surface area contributed by atoms with Crippen LogP contribution in [0.15, 0.2) is 0 Å². The molecular formula is C17H26IN3. The van der Waals surface area contributed by atoms with E-state index in [2.05, 4.69) is 55.6 Å². The third kappa shape index (κ3) is 2.92. The Morgan fingerprint density at radius 3 is 2.48 bits per heavy atom. The molecule has 0 saturated heterocycles. The van der Waals surface area contributed by atoms with Crippen LogP contribution in [-0.4, -0.2) is 16.5 Å². The quantitative estimate of drug-likeness (QED) is 0.748. The van der Waals surface area contributed by atoms with Gasteiger partial charge in [0.2, 0.25) is 0 Å². The van der Waals surface area contributed by atoms with Gasteiger partial charge in [0, 0.05) is 17.9 Å². The molecule has 1 N–H and O–H groups in total. The average Bonchev–Trinajstić information content (AvgIpc) is 3.02. The highest BCUT2D eigenvalue weighted by Crippen LogP contribution is 2.52. The molecule has 3 atom stereocenters. The summed E-state index contributed by atoms with van der Waals surface area (Å²) in [6.45, 7) is 9.78. The Balaban J connectivity index is 2.02. The van der Waals surface area contributed by atoms with E-state index in [1.165, 1.54) is 34.9 Å². The standard InChI is InChI=1S/C17H26IN3/c1-5-19-16-13(18)14(17(2,3)4)20-15(21-16)12-9-10-6-7-11(12)8-10/h10-12H,5-9H2,1-4H3,(H,19,20,21). The van der Waals surface area contributed by atoms with E-state index in [1.807, 2.05) is 0 Å². The van der Waals surface area contributed by atoms with Crippen molar-refractivity contribution in [3.8, 4) is 0 Å². The van der Waals surface area contributed by atoms with E-state index in [4.69, 9.17) is 9.97 Å². The molecule has 0 amide bonds. The van der Waals surface area contributed by atoms with Crippen LogP contribution >= 0.6 is 22.6 Å². The van der Waals surface area contributed by atoms with Crippen LogP contribution in [0.25, 0.3) is 0 Å². The first-order chi connectivity index (χ1) is 9.90. The van der Waals surface area contributed by atoms with Gasteiger partial charge in [-0.2, -0.15) is 0 Å². The molecule has 4 heteroatoms. The molecule has 1 heterocycles. The molecule has 0 radical (unpaired) electrons. The molecular weight excluding hydrogens is 373 g/mol. The molecule has 0 aromatic carbocycles. The fourth-order valence-corrected chi connectivity index (χ4v) is 5.21. The highest BCUT2D eigenvalue weighted by molar-refractivity contribution is 14.1. The summed E-state index contributed by atoms with van der Waals surface area (Å²) in [4.78, 5) is 9.94. The number of hydrogen-bond acceptors (Lipinski definition) is 3. The lowest BCUT2D eigenvalue weighted by atomic mass is 9.87. The topological polar surface area (TPSA) is 37.8 Å². The fraction of sp³-hybridized carbons (Fsp3) is 0.765. The van der Waals surface area contributed by atoms with E-state index < -0.39 is 0 Å². The van der Waals surface area contributed by atoms with Crippen LogP contribution in [-0.2, 0) is 5.41 Å². The molecule has 116 valence electrons. The summed E-state index contributed by atoms with van der Waals surface area (Å²) in [5, 5.41) is 3.44. The number of nitrogens with zero attached hydrogens (tertiary/aromatic N) is 2. The lowest BCUT2D eigenvalue weighted by molar-refractivity contribution is 0.402. The zero-order valence-corrected chi connectivity index (χ0v) is 15.7. The van der Waals surface area contributed by atoms with Crippen molar-refractivity contribution in [1.82, 2.24) is 9.97 Å². The van der Waals surface area contributed by atoms with Gasteiger partial charge in [0.15, 0.2) is 0 Å². The summed E-state index contributed by atoms with van der Waals surface area (Å²) in [7, 11) is 0. The highest BCUT2D eigenvalue weighted by Gasteiger charge is 2.42. The molecule has 3 rings (SSSR count). The van der Waals surface area contributed by atoms with Crippen LogP contribution in [0, 0.1) is 15.4 Å². The second-order valence-corrected chi connectivity index (χ2v) is 8.73. The first-order valence-corrected chi connectivity index (χ1v) is 9.29. The second kappa shape index (κ2) is 5.67. The minimum atomic E-state index is 0.0655. The van der Waals surface area contributed by atoms with Crippen molar-refractivity contribution in [1.29, 1.82) is 0 Å². The lowest BCUT2D eigenvalue weighted by Gasteiger charge is -2.26. The third-order valence-electron chi connectivity index (χ3n) is 4.99. The zero-order valence-electron chi connectivity index (χ0n) is 13.5. The number of hydrogen-bond donors (Lipinski definition) is 1. The molecule has 3 nitrogen and oxygen atoms in total. The van der Waals surface area contributed by atoms with E-state index in [9.17, 15) is 0 Å². The Labute approximate surface area is 141 Å². The van der Waals surface area contributed by atoms with Gasteiger partial charge in [-0.05, 0) is 60.6 Å². The highest BCUT2D eigenvalue weighted by atomic mass is 127. The minimum absolute atomic E-state index is 0.0655. The van der Waals surface area contributed by atoms with Gasteiger partial charge < -0.3 is 5.32 Å². The largest absolute Gasteiger partial charge is 0.369 e. The maximum absolute atomic E-state index is 5.03. The SMILES string of the molecule is CCNc1nc(C2CC3CCC2C3)nc(C(C)(C)C)c1I. The predicted octanol–water partition coefficient (Wildman–Crippen LogP) is 4.71. The van der Waals surface area contributed by atoms with Crippen LogP contribution in [0.1, 0.15) is 70.8 Å². The fourth-order valence-electron chi connectivity index (χ4n) is 3.97. The van der Waals surface area contributed by atoms with E-state index >= 15 is 0 Å². The van der Waals surface area contributed by atoms with Gasteiger partial charge in [-0.15, -0.1) is 0 Å². The van der Waals surface area contributed by atoms with Gasteiger partial charge in [0.05, 0.1) is 9.26 Å². The van der Waals surface area contributed by atoms with Crippen LogP contribution in [0.2, 0.25) is 0 Å². The van der Waals surface area contributed by atoms with Crippen molar-refractivity contribution in [3.05, 3.63) is 15.1 Å². The van der Waals surface area contributed by atoms with Crippen molar-refractivity contribution in [2.45, 2.75) is 64.7 Å². The van der Waals surface area contributed by atoms with Gasteiger partial charge >= 0.3 is 0 Å². The number of nitrogens with one attached hydrogen (secondary N) is 1. The van der Waals surface area contributed by atoms with Crippen molar-refractivity contribution >= 4 is 28.4 Å². The van der Waals surface area contributed by atoms with Gasteiger partial charge in [0.1, 0.15) is 11.6 Å². The van der Waals surface area contributed by atoms with Gasteiger partial charge in [0.25, 0.3) is 0 Å². The zero-order chi connectivity index (χ0) is 15.2. The van der Waals surface area contributed by atoms with Gasteiger partial charge in [-0.1, -0.05) is 27.2 Å². The van der Waals surface area contributed by atoms with Crippen LogP contribution in [0.4, 0.5) is 5.82 Å². The molecule has 2 bridgehead atoms. The van der Waals surface area contributed by atoms with Crippen molar-refractivity contribution in [2.24, 2.45) is 11.8 Å². The van der Waals surface area contributed by atoms with E-state index in [0.29, 0.717) is 5.92 Å².